The zero-order chi connectivity index (χ0) is 17.8. The summed E-state index contributed by atoms with van der Waals surface area (Å²) in [5.41, 5.74) is 4.69. The Morgan fingerprint density at radius 1 is 0.960 bits per heavy atom. The molecular formula is C20H18BrN3O. The van der Waals surface area contributed by atoms with Gasteiger partial charge in [-0.15, -0.1) is 0 Å². The molecule has 0 unspecified atom stereocenters. The van der Waals surface area contributed by atoms with Crippen LogP contribution in [0, 0.1) is 13.8 Å². The van der Waals surface area contributed by atoms with E-state index in [0.717, 1.165) is 16.0 Å². The van der Waals surface area contributed by atoms with Crippen molar-refractivity contribution in [2.75, 3.05) is 10.6 Å². The van der Waals surface area contributed by atoms with E-state index < -0.39 is 0 Å². The van der Waals surface area contributed by atoms with Gasteiger partial charge in [0.15, 0.2) is 0 Å². The number of benzene rings is 2. The first-order valence-corrected chi connectivity index (χ1v) is 8.68. The molecule has 1 aromatic heterocycles. The number of hydrogen-bond acceptors (Lipinski definition) is 3. The summed E-state index contributed by atoms with van der Waals surface area (Å²) >= 11 is 3.38. The molecular weight excluding hydrogens is 378 g/mol. The van der Waals surface area contributed by atoms with Crippen molar-refractivity contribution < 1.29 is 4.79 Å². The van der Waals surface area contributed by atoms with Crippen molar-refractivity contribution in [1.82, 2.24) is 4.98 Å². The highest BCUT2D eigenvalue weighted by atomic mass is 79.9. The number of anilines is 3. The Hall–Kier alpha value is -2.66. The smallest absolute Gasteiger partial charge is 0.256 e. The molecule has 0 spiro atoms. The summed E-state index contributed by atoms with van der Waals surface area (Å²) in [6.45, 7) is 4.16. The van der Waals surface area contributed by atoms with Crippen LogP contribution in [0.5, 0.6) is 0 Å². The molecule has 3 aromatic rings. The molecule has 4 nitrogen and oxygen atoms in total. The van der Waals surface area contributed by atoms with Crippen molar-refractivity contribution in [2.24, 2.45) is 0 Å². The van der Waals surface area contributed by atoms with E-state index in [2.05, 4.69) is 57.5 Å². The molecule has 0 atom stereocenters. The monoisotopic (exact) mass is 395 g/mol. The number of nitrogens with zero attached hydrogens (tertiary/aromatic N) is 1. The fourth-order valence-corrected chi connectivity index (χ4v) is 2.82. The summed E-state index contributed by atoms with van der Waals surface area (Å²) in [5.74, 6) is 0.547. The van der Waals surface area contributed by atoms with Gasteiger partial charge in [-0.2, -0.15) is 0 Å². The molecule has 0 aliphatic carbocycles. The lowest BCUT2D eigenvalue weighted by atomic mass is 10.1. The van der Waals surface area contributed by atoms with E-state index in [4.69, 9.17) is 0 Å². The molecule has 0 saturated carbocycles. The molecule has 3 rings (SSSR count). The van der Waals surface area contributed by atoms with Crippen molar-refractivity contribution in [2.45, 2.75) is 13.8 Å². The first-order valence-electron chi connectivity index (χ1n) is 7.89. The van der Waals surface area contributed by atoms with Crippen molar-refractivity contribution >= 4 is 39.0 Å². The van der Waals surface area contributed by atoms with Crippen molar-refractivity contribution in [1.29, 1.82) is 0 Å². The lowest BCUT2D eigenvalue weighted by Gasteiger charge is -2.10. The van der Waals surface area contributed by atoms with Gasteiger partial charge < -0.3 is 10.6 Å². The topological polar surface area (TPSA) is 54.0 Å². The van der Waals surface area contributed by atoms with Crippen LogP contribution >= 0.6 is 15.9 Å². The highest BCUT2D eigenvalue weighted by Crippen LogP contribution is 2.20. The predicted molar refractivity (Wildman–Crippen MR) is 106 cm³/mol. The van der Waals surface area contributed by atoms with Crippen LogP contribution in [0.4, 0.5) is 17.2 Å². The number of carbonyl (C=O) groups excluding carboxylic acids is 1. The molecule has 2 aromatic carbocycles. The lowest BCUT2D eigenvalue weighted by molar-refractivity contribution is 0.102. The van der Waals surface area contributed by atoms with Crippen LogP contribution in [0.3, 0.4) is 0 Å². The number of aromatic nitrogens is 1. The number of carbonyl (C=O) groups is 1. The molecule has 5 heteroatoms. The Labute approximate surface area is 155 Å². The zero-order valence-corrected chi connectivity index (χ0v) is 15.6. The van der Waals surface area contributed by atoms with Gasteiger partial charge in [-0.3, -0.25) is 4.79 Å². The molecule has 25 heavy (non-hydrogen) atoms. The minimum atomic E-state index is -0.177. The highest BCUT2D eigenvalue weighted by Gasteiger charge is 2.09. The number of rotatable bonds is 4. The standard InChI is InChI=1S/C20H18BrN3O/c1-13-7-8-15(11-14(13)2)23-19-10-9-16(12-22-19)24-20(25)17-5-3-4-6-18(17)21/h3-12H,1-2H3,(H,22,23)(H,24,25). The molecule has 0 bridgehead atoms. The maximum absolute atomic E-state index is 12.3. The van der Waals surface area contributed by atoms with Gasteiger partial charge in [0.2, 0.25) is 0 Å². The van der Waals surface area contributed by atoms with E-state index in [1.807, 2.05) is 36.4 Å². The van der Waals surface area contributed by atoms with Gasteiger partial charge in [0.1, 0.15) is 5.82 Å². The summed E-state index contributed by atoms with van der Waals surface area (Å²) in [7, 11) is 0. The van der Waals surface area contributed by atoms with Crippen LogP contribution in [0.2, 0.25) is 0 Å². The number of aryl methyl sites for hydroxylation is 2. The lowest BCUT2D eigenvalue weighted by Crippen LogP contribution is -2.12. The number of nitrogens with one attached hydrogen (secondary N) is 2. The van der Waals surface area contributed by atoms with Gasteiger partial charge in [0.25, 0.3) is 5.91 Å². The van der Waals surface area contributed by atoms with E-state index in [1.165, 1.54) is 11.1 Å². The molecule has 1 amide bonds. The molecule has 0 radical (unpaired) electrons. The summed E-state index contributed by atoms with van der Waals surface area (Å²) in [5, 5.41) is 6.11. The Morgan fingerprint density at radius 2 is 1.72 bits per heavy atom. The highest BCUT2D eigenvalue weighted by molar-refractivity contribution is 9.10. The molecule has 0 fully saturated rings. The zero-order valence-electron chi connectivity index (χ0n) is 14.0. The molecule has 2 N–H and O–H groups in total. The predicted octanol–water partition coefficient (Wildman–Crippen LogP) is 5.46. The minimum Gasteiger partial charge on any atom is -0.340 e. The molecule has 126 valence electrons. The van der Waals surface area contributed by atoms with Crippen LogP contribution in [0.25, 0.3) is 0 Å². The van der Waals surface area contributed by atoms with Crippen molar-refractivity contribution in [3.05, 3.63) is 82.0 Å². The van der Waals surface area contributed by atoms with Crippen LogP contribution in [0.15, 0.2) is 65.3 Å². The second-order valence-electron chi connectivity index (χ2n) is 5.79. The van der Waals surface area contributed by atoms with Crippen LogP contribution in [-0.2, 0) is 0 Å². The number of halogens is 1. The van der Waals surface area contributed by atoms with E-state index in [1.54, 1.807) is 12.3 Å². The second-order valence-corrected chi connectivity index (χ2v) is 6.64. The summed E-state index contributed by atoms with van der Waals surface area (Å²) in [6, 6.07) is 17.1. The SMILES string of the molecule is Cc1ccc(Nc2ccc(NC(=O)c3ccccc3Br)cn2)cc1C. The van der Waals surface area contributed by atoms with Crippen LogP contribution in [0.1, 0.15) is 21.5 Å². The molecule has 0 aliphatic rings. The fourth-order valence-electron chi connectivity index (χ4n) is 2.35. The second kappa shape index (κ2) is 7.49. The summed E-state index contributed by atoms with van der Waals surface area (Å²) < 4.78 is 0.758. The molecule has 0 saturated heterocycles. The quantitative estimate of drug-likeness (QED) is 0.616. The Bertz CT molecular complexity index is 907. The number of amides is 1. The third-order valence-electron chi connectivity index (χ3n) is 3.92. The van der Waals surface area contributed by atoms with Gasteiger partial charge in [0.05, 0.1) is 17.4 Å². The Balaban J connectivity index is 1.69. The fraction of sp³-hybridized carbons (Fsp3) is 0.100. The van der Waals surface area contributed by atoms with Gasteiger partial charge in [0, 0.05) is 10.2 Å². The maximum atomic E-state index is 12.3. The van der Waals surface area contributed by atoms with Gasteiger partial charge in [-0.1, -0.05) is 18.2 Å². The summed E-state index contributed by atoms with van der Waals surface area (Å²) in [4.78, 5) is 16.7. The van der Waals surface area contributed by atoms with E-state index in [0.29, 0.717) is 11.3 Å². The third-order valence-corrected chi connectivity index (χ3v) is 4.61. The normalized spacial score (nSPS) is 10.4. The molecule has 0 aliphatic heterocycles. The maximum Gasteiger partial charge on any atom is 0.256 e. The van der Waals surface area contributed by atoms with Crippen molar-refractivity contribution in [3.63, 3.8) is 0 Å². The molecule has 1 heterocycles. The van der Waals surface area contributed by atoms with Crippen molar-refractivity contribution in [3.8, 4) is 0 Å². The van der Waals surface area contributed by atoms with Gasteiger partial charge >= 0.3 is 0 Å². The average Bonchev–Trinajstić information content (AvgIpc) is 2.60. The third kappa shape index (κ3) is 4.25. The number of hydrogen-bond donors (Lipinski definition) is 2. The first-order chi connectivity index (χ1) is 12.0. The number of pyridine rings is 1. The van der Waals surface area contributed by atoms with E-state index in [-0.39, 0.29) is 5.91 Å². The largest absolute Gasteiger partial charge is 0.340 e. The Kier molecular flexibility index (Phi) is 5.14. The summed E-state index contributed by atoms with van der Waals surface area (Å²) in [6.07, 6.45) is 1.64. The van der Waals surface area contributed by atoms with Crippen LogP contribution in [-0.4, -0.2) is 10.9 Å². The van der Waals surface area contributed by atoms with Gasteiger partial charge in [-0.05, 0) is 77.3 Å². The first kappa shape index (κ1) is 17.2. The van der Waals surface area contributed by atoms with Crippen LogP contribution < -0.4 is 10.6 Å². The minimum absolute atomic E-state index is 0.177. The van der Waals surface area contributed by atoms with E-state index >= 15 is 0 Å². The van der Waals surface area contributed by atoms with Gasteiger partial charge in [-0.25, -0.2) is 4.98 Å². The average molecular weight is 396 g/mol. The van der Waals surface area contributed by atoms with E-state index in [9.17, 15) is 4.79 Å². The Morgan fingerprint density at radius 3 is 2.40 bits per heavy atom.